The Kier molecular flexibility index (Phi) is 5.68. The van der Waals surface area contributed by atoms with Crippen molar-refractivity contribution in [3.05, 3.63) is 11.4 Å². The summed E-state index contributed by atoms with van der Waals surface area (Å²) >= 11 is 0. The average Bonchev–Trinajstić information content (AvgIpc) is 2.70. The van der Waals surface area contributed by atoms with Gasteiger partial charge < -0.3 is 11.1 Å². The Hall–Kier alpha value is -1.52. The zero-order valence-corrected chi connectivity index (χ0v) is 11.5. The smallest absolute Gasteiger partial charge is 0.274 e. The predicted molar refractivity (Wildman–Crippen MR) is 73.4 cm³/mol. The molecule has 1 heterocycles. The molecule has 102 valence electrons. The summed E-state index contributed by atoms with van der Waals surface area (Å²) in [5.74, 6) is -0.188. The monoisotopic (exact) mass is 252 g/mol. The van der Waals surface area contributed by atoms with Crippen LogP contribution in [0.2, 0.25) is 0 Å². The number of hydrogen-bond donors (Lipinski definition) is 3. The summed E-state index contributed by atoms with van der Waals surface area (Å²) in [6.45, 7) is 6.15. The first-order valence-corrected chi connectivity index (χ1v) is 6.73. The molecular formula is C13H24N4O. The van der Waals surface area contributed by atoms with E-state index in [1.807, 2.05) is 13.8 Å². The number of unbranched alkanes of at least 4 members (excludes halogenated alkanes) is 2. The molecule has 5 nitrogen and oxygen atoms in total. The molecule has 0 radical (unpaired) electrons. The minimum Gasteiger partial charge on any atom is -0.395 e. The van der Waals surface area contributed by atoms with Crippen LogP contribution in [-0.2, 0) is 6.42 Å². The Balaban J connectivity index is 2.51. The molecule has 0 aliphatic rings. The molecule has 0 aliphatic carbocycles. The lowest BCUT2D eigenvalue weighted by Gasteiger charge is -2.12. The predicted octanol–water partition coefficient (Wildman–Crippen LogP) is 2.25. The maximum Gasteiger partial charge on any atom is 0.274 e. The molecule has 1 unspecified atom stereocenters. The van der Waals surface area contributed by atoms with E-state index in [9.17, 15) is 4.79 Å². The van der Waals surface area contributed by atoms with Crippen molar-refractivity contribution in [3.8, 4) is 0 Å². The average molecular weight is 252 g/mol. The minimum absolute atomic E-state index is 0.158. The Morgan fingerprint density at radius 2 is 2.17 bits per heavy atom. The zero-order valence-electron chi connectivity index (χ0n) is 11.5. The number of carbonyl (C=O) groups is 1. The third-order valence-electron chi connectivity index (χ3n) is 3.07. The van der Waals surface area contributed by atoms with Crippen molar-refractivity contribution >= 4 is 11.6 Å². The van der Waals surface area contributed by atoms with E-state index in [1.54, 1.807) is 0 Å². The molecule has 1 aromatic heterocycles. The molecule has 5 heteroatoms. The highest BCUT2D eigenvalue weighted by atomic mass is 16.2. The highest BCUT2D eigenvalue weighted by molar-refractivity contribution is 5.97. The van der Waals surface area contributed by atoms with Gasteiger partial charge in [-0.2, -0.15) is 5.10 Å². The Morgan fingerprint density at radius 3 is 2.72 bits per heavy atom. The number of aryl methyl sites for hydroxylation is 1. The van der Waals surface area contributed by atoms with Crippen LogP contribution in [0.25, 0.3) is 0 Å². The van der Waals surface area contributed by atoms with Gasteiger partial charge in [0.25, 0.3) is 5.91 Å². The second kappa shape index (κ2) is 7.03. The normalized spacial score (nSPS) is 12.4. The number of nitrogens with one attached hydrogen (secondary N) is 2. The molecule has 0 bridgehead atoms. The van der Waals surface area contributed by atoms with Gasteiger partial charge in [-0.15, -0.1) is 0 Å². The molecule has 1 aromatic rings. The van der Waals surface area contributed by atoms with Gasteiger partial charge in [-0.3, -0.25) is 9.89 Å². The van der Waals surface area contributed by atoms with Crippen LogP contribution in [0.1, 0.15) is 62.6 Å². The molecule has 1 rings (SSSR count). The fourth-order valence-corrected chi connectivity index (χ4v) is 1.89. The summed E-state index contributed by atoms with van der Waals surface area (Å²) in [5, 5.41) is 9.70. The number of nitrogens with two attached hydrogens (primary N) is 1. The molecular weight excluding hydrogens is 228 g/mol. The van der Waals surface area contributed by atoms with Gasteiger partial charge in [0.15, 0.2) is 5.69 Å². The Morgan fingerprint density at radius 1 is 1.44 bits per heavy atom. The van der Waals surface area contributed by atoms with E-state index in [0.717, 1.165) is 25.0 Å². The molecule has 18 heavy (non-hydrogen) atoms. The van der Waals surface area contributed by atoms with Gasteiger partial charge in [-0.1, -0.05) is 33.1 Å². The van der Waals surface area contributed by atoms with Crippen LogP contribution in [0.4, 0.5) is 5.69 Å². The maximum absolute atomic E-state index is 12.0. The van der Waals surface area contributed by atoms with Gasteiger partial charge in [0.05, 0.1) is 11.4 Å². The van der Waals surface area contributed by atoms with Crippen LogP contribution in [0.3, 0.4) is 0 Å². The zero-order chi connectivity index (χ0) is 13.5. The van der Waals surface area contributed by atoms with Gasteiger partial charge in [0.2, 0.25) is 0 Å². The van der Waals surface area contributed by atoms with Gasteiger partial charge in [0, 0.05) is 6.04 Å². The standard InChI is InChI=1S/C13H24N4O/c1-4-6-7-8-9(3)15-13(18)12-11(14)10(5-2)16-17-12/h9H,4-8,14H2,1-3H3,(H,15,18)(H,16,17). The van der Waals surface area contributed by atoms with E-state index in [2.05, 4.69) is 22.4 Å². The number of aromatic amines is 1. The van der Waals surface area contributed by atoms with E-state index in [1.165, 1.54) is 12.8 Å². The molecule has 0 aliphatic heterocycles. The minimum atomic E-state index is -0.188. The first kappa shape index (κ1) is 14.5. The number of anilines is 1. The van der Waals surface area contributed by atoms with Crippen LogP contribution < -0.4 is 11.1 Å². The lowest BCUT2D eigenvalue weighted by atomic mass is 10.1. The van der Waals surface area contributed by atoms with Crippen molar-refractivity contribution in [2.45, 2.75) is 58.9 Å². The number of nitrogens with zero attached hydrogens (tertiary/aromatic N) is 1. The van der Waals surface area contributed by atoms with E-state index in [4.69, 9.17) is 5.73 Å². The van der Waals surface area contributed by atoms with E-state index in [-0.39, 0.29) is 11.9 Å². The summed E-state index contributed by atoms with van der Waals surface area (Å²) in [6, 6.07) is 0.158. The summed E-state index contributed by atoms with van der Waals surface area (Å²) in [4.78, 5) is 12.0. The fourth-order valence-electron chi connectivity index (χ4n) is 1.89. The largest absolute Gasteiger partial charge is 0.395 e. The Bertz CT molecular complexity index is 386. The molecule has 0 saturated carbocycles. The summed E-state index contributed by atoms with van der Waals surface area (Å²) in [7, 11) is 0. The topological polar surface area (TPSA) is 83.8 Å². The van der Waals surface area contributed by atoms with Crippen molar-refractivity contribution in [2.24, 2.45) is 0 Å². The van der Waals surface area contributed by atoms with Crippen molar-refractivity contribution in [1.29, 1.82) is 0 Å². The van der Waals surface area contributed by atoms with Gasteiger partial charge in [-0.25, -0.2) is 0 Å². The molecule has 0 saturated heterocycles. The van der Waals surface area contributed by atoms with E-state index < -0.39 is 0 Å². The van der Waals surface area contributed by atoms with E-state index >= 15 is 0 Å². The SMILES string of the molecule is CCCCCC(C)NC(=O)c1n[nH]c(CC)c1N. The van der Waals surface area contributed by atoms with Crippen molar-refractivity contribution in [1.82, 2.24) is 15.5 Å². The molecule has 4 N–H and O–H groups in total. The number of hydrogen-bond acceptors (Lipinski definition) is 3. The lowest BCUT2D eigenvalue weighted by Crippen LogP contribution is -2.33. The van der Waals surface area contributed by atoms with Crippen LogP contribution in [0.15, 0.2) is 0 Å². The molecule has 1 amide bonds. The lowest BCUT2D eigenvalue weighted by molar-refractivity contribution is 0.0933. The summed E-state index contributed by atoms with van der Waals surface area (Å²) < 4.78 is 0. The number of nitrogen functional groups attached to an aromatic ring is 1. The van der Waals surface area contributed by atoms with Crippen molar-refractivity contribution in [2.75, 3.05) is 5.73 Å². The van der Waals surface area contributed by atoms with Gasteiger partial charge >= 0.3 is 0 Å². The van der Waals surface area contributed by atoms with Crippen molar-refractivity contribution in [3.63, 3.8) is 0 Å². The number of amides is 1. The second-order valence-corrected chi connectivity index (χ2v) is 4.69. The van der Waals surface area contributed by atoms with Gasteiger partial charge in [-0.05, 0) is 19.8 Å². The molecule has 0 spiro atoms. The van der Waals surface area contributed by atoms with Crippen LogP contribution in [-0.4, -0.2) is 22.1 Å². The first-order chi connectivity index (χ1) is 8.60. The van der Waals surface area contributed by atoms with Crippen LogP contribution in [0.5, 0.6) is 0 Å². The molecule has 1 atom stereocenters. The quantitative estimate of drug-likeness (QED) is 0.651. The van der Waals surface area contributed by atoms with E-state index in [0.29, 0.717) is 11.4 Å². The van der Waals surface area contributed by atoms with Crippen molar-refractivity contribution < 1.29 is 4.79 Å². The summed E-state index contributed by atoms with van der Waals surface area (Å²) in [6.07, 6.45) is 5.26. The first-order valence-electron chi connectivity index (χ1n) is 6.73. The molecule has 0 fully saturated rings. The summed E-state index contributed by atoms with van der Waals surface area (Å²) in [5.41, 5.74) is 7.46. The third kappa shape index (κ3) is 3.75. The van der Waals surface area contributed by atoms with Crippen LogP contribution in [0, 0.1) is 0 Å². The van der Waals surface area contributed by atoms with Gasteiger partial charge in [0.1, 0.15) is 0 Å². The third-order valence-corrected chi connectivity index (χ3v) is 3.07. The number of aromatic nitrogens is 2. The van der Waals surface area contributed by atoms with Crippen LogP contribution >= 0.6 is 0 Å². The number of H-pyrrole nitrogens is 1. The fraction of sp³-hybridized carbons (Fsp3) is 0.692. The highest BCUT2D eigenvalue weighted by Crippen LogP contribution is 2.14. The number of carbonyl (C=O) groups excluding carboxylic acids is 1. The maximum atomic E-state index is 12.0. The Labute approximate surface area is 109 Å². The molecule has 0 aromatic carbocycles. The highest BCUT2D eigenvalue weighted by Gasteiger charge is 2.17. The second-order valence-electron chi connectivity index (χ2n) is 4.69. The number of rotatable bonds is 7.